The van der Waals surface area contributed by atoms with Gasteiger partial charge in [0.2, 0.25) is 0 Å². The van der Waals surface area contributed by atoms with Gasteiger partial charge in [0.15, 0.2) is 0 Å². The van der Waals surface area contributed by atoms with Crippen molar-refractivity contribution in [2.24, 2.45) is 0 Å². The highest BCUT2D eigenvalue weighted by molar-refractivity contribution is 9.09. The summed E-state index contributed by atoms with van der Waals surface area (Å²) in [4.78, 5) is 0. The van der Waals surface area contributed by atoms with E-state index in [9.17, 15) is 8.76 Å². The third kappa shape index (κ3) is 4.55. The van der Waals surface area contributed by atoms with Crippen molar-refractivity contribution in [3.63, 3.8) is 0 Å². The number of nitrogens with one attached hydrogen (secondary N) is 1. The summed E-state index contributed by atoms with van der Waals surface area (Å²) in [6, 6.07) is 0. The van der Waals surface area contributed by atoms with Crippen LogP contribution in [0.1, 0.15) is 0 Å². The molecule has 0 aliphatic carbocycles. The van der Waals surface area contributed by atoms with Gasteiger partial charge in [-0.15, -0.1) is 0 Å². The molecule has 5 heteroatoms. The Kier molecular flexibility index (Phi) is 3.07. The number of hydrogen-bond acceptors (Lipinski definition) is 2. The van der Waals surface area contributed by atoms with Gasteiger partial charge in [-0.2, -0.15) is 3.75 Å². The van der Waals surface area contributed by atoms with Crippen LogP contribution in [0.15, 0.2) is 0 Å². The van der Waals surface area contributed by atoms with Gasteiger partial charge in [-0.25, -0.2) is 0 Å². The minimum Gasteiger partial charge on any atom is -0.759 e. The molecule has 0 aliphatic rings. The SMILES string of the molecule is O=S([O-])NBr. The van der Waals surface area contributed by atoms with Crippen molar-refractivity contribution in [1.29, 1.82) is 0 Å². The Hall–Kier alpha value is 0.550. The fourth-order valence-electron chi connectivity index (χ4n) is 0. The molecule has 0 aliphatic heterocycles. The van der Waals surface area contributed by atoms with Crippen molar-refractivity contribution in [3.8, 4) is 0 Å². The Morgan fingerprint density at radius 3 is 2.20 bits per heavy atom. The van der Waals surface area contributed by atoms with Crippen LogP contribution in [0, 0.1) is 0 Å². The van der Waals surface area contributed by atoms with E-state index in [2.05, 4.69) is 16.1 Å². The number of rotatable bonds is 1. The molecule has 1 unspecified atom stereocenters. The first-order valence-corrected chi connectivity index (χ1v) is 2.59. The van der Waals surface area contributed by atoms with Gasteiger partial charge in [-0.3, -0.25) is 4.21 Å². The Balaban J connectivity index is 2.85. The minimum atomic E-state index is -2.16. The van der Waals surface area contributed by atoms with E-state index in [-0.39, 0.29) is 0 Å². The van der Waals surface area contributed by atoms with Crippen LogP contribution in [-0.4, -0.2) is 8.76 Å². The average Bonchev–Trinajstić information content (AvgIpc) is 1.38. The zero-order valence-electron chi connectivity index (χ0n) is 2.10. The van der Waals surface area contributed by atoms with E-state index in [1.807, 2.05) is 0 Å². The Labute approximate surface area is 40.5 Å². The summed E-state index contributed by atoms with van der Waals surface area (Å²) < 4.78 is 20.2. The summed E-state index contributed by atoms with van der Waals surface area (Å²) in [5.74, 6) is 0. The predicted octanol–water partition coefficient (Wildman–Crippen LogP) is -0.320. The average molecular weight is 159 g/mol. The normalized spacial score (nSPS) is 14.8. The lowest BCUT2D eigenvalue weighted by molar-refractivity contribution is 0.536. The highest BCUT2D eigenvalue weighted by Crippen LogP contribution is 1.65. The molecule has 0 amide bonds. The molecule has 1 N–H and O–H groups in total. The summed E-state index contributed by atoms with van der Waals surface area (Å²) >= 11 is 0.295. The first-order chi connectivity index (χ1) is 2.27. The second kappa shape index (κ2) is 2.77. The van der Waals surface area contributed by atoms with Crippen molar-refractivity contribution in [2.45, 2.75) is 0 Å². The van der Waals surface area contributed by atoms with Gasteiger partial charge in [-0.1, -0.05) is 0 Å². The second-order valence-electron chi connectivity index (χ2n) is 0.312. The molecule has 0 aromatic rings. The lowest BCUT2D eigenvalue weighted by atomic mass is 13.9. The summed E-state index contributed by atoms with van der Waals surface area (Å²) in [5.41, 5.74) is 0. The molecule has 3 nitrogen and oxygen atoms in total. The van der Waals surface area contributed by atoms with Crippen LogP contribution in [0.4, 0.5) is 0 Å². The van der Waals surface area contributed by atoms with Gasteiger partial charge >= 0.3 is 0 Å². The molecule has 0 aromatic heterocycles. The van der Waals surface area contributed by atoms with Crippen LogP contribution in [0.25, 0.3) is 0 Å². The third-order valence-corrected chi connectivity index (χ3v) is 0.982. The smallest absolute Gasteiger partial charge is 0.0286 e. The molecule has 1 atom stereocenters. The number of halogens is 1. The second-order valence-corrected chi connectivity index (χ2v) is 1.91. The zero-order chi connectivity index (χ0) is 4.28. The highest BCUT2D eigenvalue weighted by Gasteiger charge is 1.60. The van der Waals surface area contributed by atoms with E-state index >= 15 is 0 Å². The van der Waals surface area contributed by atoms with E-state index in [1.165, 1.54) is 0 Å². The van der Waals surface area contributed by atoms with E-state index < -0.39 is 11.3 Å². The van der Waals surface area contributed by atoms with Gasteiger partial charge in [0.1, 0.15) is 0 Å². The lowest BCUT2D eigenvalue weighted by Gasteiger charge is -1.93. The summed E-state index contributed by atoms with van der Waals surface area (Å²) in [7, 11) is 0. The van der Waals surface area contributed by atoms with E-state index in [0.29, 0.717) is 0 Å². The molecule has 0 aromatic carbocycles. The molecular formula is HBrNO2S-. The maximum Gasteiger partial charge on any atom is 0.0286 e. The van der Waals surface area contributed by atoms with Gasteiger partial charge in [-0.05, 0) is 0 Å². The predicted molar refractivity (Wildman–Crippen MR) is 21.0 cm³/mol. The third-order valence-electron chi connectivity index (χ3n) is 0.0630. The van der Waals surface area contributed by atoms with Gasteiger partial charge in [0.05, 0.1) is 0 Å². The molecule has 0 spiro atoms. The van der Waals surface area contributed by atoms with Crippen molar-refractivity contribution < 1.29 is 8.76 Å². The van der Waals surface area contributed by atoms with E-state index in [1.54, 1.807) is 3.75 Å². The Bertz CT molecular complexity index is 44.9. The molecule has 0 heterocycles. The van der Waals surface area contributed by atoms with Gasteiger partial charge < -0.3 is 4.55 Å². The topological polar surface area (TPSA) is 52.2 Å². The lowest BCUT2D eigenvalue weighted by Crippen LogP contribution is -1.99. The first-order valence-electron chi connectivity index (χ1n) is 0.726. The van der Waals surface area contributed by atoms with E-state index in [0.717, 1.165) is 0 Å². The molecular weight excluding hydrogens is 158 g/mol. The molecule has 0 fully saturated rings. The molecule has 0 bridgehead atoms. The van der Waals surface area contributed by atoms with Crippen LogP contribution in [0.2, 0.25) is 0 Å². The Morgan fingerprint density at radius 1 is 2.00 bits per heavy atom. The highest BCUT2D eigenvalue weighted by atomic mass is 79.9. The molecule has 0 saturated heterocycles. The monoisotopic (exact) mass is 158 g/mol. The van der Waals surface area contributed by atoms with Crippen molar-refractivity contribution in [2.75, 3.05) is 0 Å². The maximum atomic E-state index is 9.21. The zero-order valence-corrected chi connectivity index (χ0v) is 4.51. The van der Waals surface area contributed by atoms with Gasteiger partial charge in [0, 0.05) is 27.4 Å². The van der Waals surface area contributed by atoms with Crippen LogP contribution in [0.5, 0.6) is 0 Å². The molecule has 0 radical (unpaired) electrons. The van der Waals surface area contributed by atoms with Crippen LogP contribution >= 0.6 is 16.1 Å². The fraction of sp³-hybridized carbons (Fsp3) is 0. The number of hydrogen-bond donors (Lipinski definition) is 1. The molecule has 32 valence electrons. The summed E-state index contributed by atoms with van der Waals surface area (Å²) in [5, 5.41) is 0. The van der Waals surface area contributed by atoms with Crippen LogP contribution < -0.4 is 3.75 Å². The summed E-state index contributed by atoms with van der Waals surface area (Å²) in [6.07, 6.45) is 0. The molecule has 0 saturated carbocycles. The van der Waals surface area contributed by atoms with Crippen molar-refractivity contribution in [3.05, 3.63) is 0 Å². The van der Waals surface area contributed by atoms with E-state index in [4.69, 9.17) is 0 Å². The first kappa shape index (κ1) is 5.55. The van der Waals surface area contributed by atoms with Crippen molar-refractivity contribution in [1.82, 2.24) is 3.75 Å². The van der Waals surface area contributed by atoms with Crippen LogP contribution in [0.3, 0.4) is 0 Å². The molecule has 0 rings (SSSR count). The van der Waals surface area contributed by atoms with Crippen molar-refractivity contribution >= 4 is 27.4 Å². The quantitative estimate of drug-likeness (QED) is 0.421. The Morgan fingerprint density at radius 2 is 2.20 bits per heavy atom. The molecule has 5 heavy (non-hydrogen) atoms. The summed E-state index contributed by atoms with van der Waals surface area (Å²) in [6.45, 7) is 0. The van der Waals surface area contributed by atoms with Crippen LogP contribution in [-0.2, 0) is 11.3 Å². The van der Waals surface area contributed by atoms with Gasteiger partial charge in [0.25, 0.3) is 0 Å². The standard InChI is InChI=1S/BrH2NO2S/c1-2-5(3)4/h2H,(H,3,4)/p-1. The largest absolute Gasteiger partial charge is 0.759 e. The minimum absolute atomic E-state index is 1.76. The maximum absolute atomic E-state index is 9.21. The fourth-order valence-corrected chi connectivity index (χ4v) is 0.